The number of ether oxygens (including phenoxy) is 1. The number of nitrogens with zero attached hydrogens (tertiary/aromatic N) is 2. The van der Waals surface area contributed by atoms with E-state index in [2.05, 4.69) is 39.8 Å². The molecule has 1 aromatic heterocycles. The Morgan fingerprint density at radius 3 is 2.69 bits per heavy atom. The smallest absolute Gasteiger partial charge is 0.250 e. The Morgan fingerprint density at radius 2 is 1.97 bits per heavy atom. The molecule has 0 saturated carbocycles. The third kappa shape index (κ3) is 4.51. The van der Waals surface area contributed by atoms with Crippen molar-refractivity contribution >= 4 is 27.0 Å². The predicted molar refractivity (Wildman–Crippen MR) is 117 cm³/mol. The van der Waals surface area contributed by atoms with Gasteiger partial charge >= 0.3 is 0 Å². The van der Waals surface area contributed by atoms with Crippen LogP contribution in [0.1, 0.15) is 29.0 Å². The monoisotopic (exact) mass is 435 g/mol. The molecule has 0 aliphatic carbocycles. The molecule has 29 heavy (non-hydrogen) atoms. The molecule has 0 radical (unpaired) electrons. The highest BCUT2D eigenvalue weighted by atomic mass is 32.2. The summed E-state index contributed by atoms with van der Waals surface area (Å²) in [7, 11) is -1.39. The van der Waals surface area contributed by atoms with Gasteiger partial charge in [-0.3, -0.25) is 4.90 Å². The van der Waals surface area contributed by atoms with Gasteiger partial charge in [-0.15, -0.1) is 11.3 Å². The van der Waals surface area contributed by atoms with Crippen LogP contribution in [0, 0.1) is 0 Å². The zero-order chi connectivity index (χ0) is 20.4. The van der Waals surface area contributed by atoms with E-state index in [1.807, 2.05) is 13.0 Å². The van der Waals surface area contributed by atoms with Crippen molar-refractivity contribution in [2.45, 2.75) is 30.0 Å². The lowest BCUT2D eigenvalue weighted by molar-refractivity contribution is 0.0172. The normalized spacial score (nSPS) is 18.8. The molecule has 1 fully saturated rings. The van der Waals surface area contributed by atoms with E-state index >= 15 is 0 Å². The summed E-state index contributed by atoms with van der Waals surface area (Å²) in [6.45, 7) is 6.41. The molecule has 0 unspecified atom stereocenters. The van der Waals surface area contributed by atoms with Gasteiger partial charge in [-0.1, -0.05) is 19.1 Å². The summed E-state index contributed by atoms with van der Waals surface area (Å²) in [4.78, 5) is 5.68. The SMILES string of the molecule is CCc1ccc(S(=O)(=O)NC[C@H](c2ccc3c(c2)CCN3C)N2CCOCC2)s1. The lowest BCUT2D eigenvalue weighted by Crippen LogP contribution is -2.43. The fraction of sp³-hybridized carbons (Fsp3) is 0.524. The minimum absolute atomic E-state index is 0.00418. The molecule has 6 nitrogen and oxygen atoms in total. The van der Waals surface area contributed by atoms with Crippen molar-refractivity contribution in [3.63, 3.8) is 0 Å². The third-order valence-electron chi connectivity index (χ3n) is 5.82. The van der Waals surface area contributed by atoms with E-state index in [-0.39, 0.29) is 6.04 Å². The van der Waals surface area contributed by atoms with Crippen LogP contribution in [-0.4, -0.2) is 59.8 Å². The first-order valence-corrected chi connectivity index (χ1v) is 12.5. The van der Waals surface area contributed by atoms with Gasteiger partial charge in [0.05, 0.1) is 13.2 Å². The van der Waals surface area contributed by atoms with E-state index in [4.69, 9.17) is 4.74 Å². The molecule has 2 aliphatic heterocycles. The van der Waals surface area contributed by atoms with Gasteiger partial charge < -0.3 is 9.64 Å². The van der Waals surface area contributed by atoms with Crippen LogP contribution < -0.4 is 9.62 Å². The summed E-state index contributed by atoms with van der Waals surface area (Å²) in [6, 6.07) is 10.2. The van der Waals surface area contributed by atoms with Crippen LogP contribution in [0.15, 0.2) is 34.5 Å². The largest absolute Gasteiger partial charge is 0.379 e. The van der Waals surface area contributed by atoms with Crippen LogP contribution in [0.2, 0.25) is 0 Å². The molecule has 1 atom stereocenters. The first-order chi connectivity index (χ1) is 14.0. The number of likely N-dealkylation sites (N-methyl/N-ethyl adjacent to an activating group) is 1. The van der Waals surface area contributed by atoms with Gasteiger partial charge in [-0.05, 0) is 42.2 Å². The summed E-state index contributed by atoms with van der Waals surface area (Å²) in [5, 5.41) is 0. The minimum atomic E-state index is -3.51. The van der Waals surface area contributed by atoms with Gasteiger partial charge in [0.2, 0.25) is 10.0 Å². The zero-order valence-electron chi connectivity index (χ0n) is 17.1. The van der Waals surface area contributed by atoms with Gasteiger partial charge in [0.15, 0.2) is 0 Å². The molecule has 0 amide bonds. The fourth-order valence-electron chi connectivity index (χ4n) is 4.09. The first kappa shape index (κ1) is 20.8. The number of anilines is 1. The maximum absolute atomic E-state index is 12.9. The summed E-state index contributed by atoms with van der Waals surface area (Å²) in [5.74, 6) is 0. The lowest BCUT2D eigenvalue weighted by atomic mass is 10.0. The molecule has 2 aromatic rings. The van der Waals surface area contributed by atoms with E-state index in [0.29, 0.717) is 24.0 Å². The fourth-order valence-corrected chi connectivity index (χ4v) is 6.47. The van der Waals surface area contributed by atoms with E-state index in [1.165, 1.54) is 28.2 Å². The number of hydrogen-bond acceptors (Lipinski definition) is 6. The molecule has 4 rings (SSSR count). The summed E-state index contributed by atoms with van der Waals surface area (Å²) >= 11 is 1.35. The Morgan fingerprint density at radius 1 is 1.17 bits per heavy atom. The van der Waals surface area contributed by atoms with Crippen molar-refractivity contribution in [1.29, 1.82) is 0 Å². The number of benzene rings is 1. The summed E-state index contributed by atoms with van der Waals surface area (Å²) in [5.41, 5.74) is 3.79. The van der Waals surface area contributed by atoms with Crippen molar-refractivity contribution in [2.24, 2.45) is 0 Å². The highest BCUT2D eigenvalue weighted by Crippen LogP contribution is 2.31. The van der Waals surface area contributed by atoms with E-state index < -0.39 is 10.0 Å². The maximum atomic E-state index is 12.9. The quantitative estimate of drug-likeness (QED) is 0.725. The average molecular weight is 436 g/mol. The van der Waals surface area contributed by atoms with Crippen LogP contribution >= 0.6 is 11.3 Å². The molecular formula is C21H29N3O3S2. The molecule has 8 heteroatoms. The van der Waals surface area contributed by atoms with Gasteiger partial charge in [0, 0.05) is 49.8 Å². The van der Waals surface area contributed by atoms with Gasteiger partial charge in [-0.2, -0.15) is 0 Å². The Hall–Kier alpha value is -1.45. The molecule has 0 spiro atoms. The molecule has 158 valence electrons. The molecule has 2 aliphatic rings. The lowest BCUT2D eigenvalue weighted by Gasteiger charge is -2.35. The molecule has 3 heterocycles. The number of thiophene rings is 1. The average Bonchev–Trinajstić information content (AvgIpc) is 3.36. The zero-order valence-corrected chi connectivity index (χ0v) is 18.7. The second kappa shape index (κ2) is 8.73. The Balaban J connectivity index is 1.56. The number of nitrogens with one attached hydrogen (secondary N) is 1. The Labute approximate surface area is 177 Å². The standard InChI is InChI=1S/C21H29N3O3S2/c1-3-18-5-7-21(28-18)29(25,26)22-15-20(24-10-12-27-13-11-24)16-4-6-19-17(14-16)8-9-23(19)2/h4-7,14,20,22H,3,8-13,15H2,1-2H3/t20-/m1/s1. The molecule has 1 N–H and O–H groups in total. The van der Waals surface area contributed by atoms with Crippen molar-refractivity contribution in [2.75, 3.05) is 51.3 Å². The summed E-state index contributed by atoms with van der Waals surface area (Å²) < 4.78 is 34.5. The maximum Gasteiger partial charge on any atom is 0.250 e. The topological polar surface area (TPSA) is 61.9 Å². The number of aryl methyl sites for hydroxylation is 1. The number of rotatable bonds is 7. The predicted octanol–water partition coefficient (Wildman–Crippen LogP) is 2.65. The Kier molecular flexibility index (Phi) is 6.27. The van der Waals surface area contributed by atoms with Crippen molar-refractivity contribution < 1.29 is 13.2 Å². The highest BCUT2D eigenvalue weighted by molar-refractivity contribution is 7.91. The molecular weight excluding hydrogens is 406 g/mol. The minimum Gasteiger partial charge on any atom is -0.379 e. The molecule has 1 saturated heterocycles. The van der Waals surface area contributed by atoms with Crippen molar-refractivity contribution in [1.82, 2.24) is 9.62 Å². The second-order valence-corrected chi connectivity index (χ2v) is 10.8. The van der Waals surface area contributed by atoms with E-state index in [9.17, 15) is 8.42 Å². The molecule has 1 aromatic carbocycles. The van der Waals surface area contributed by atoms with Gasteiger partial charge in [-0.25, -0.2) is 13.1 Å². The van der Waals surface area contributed by atoms with E-state index in [0.717, 1.165) is 37.4 Å². The highest BCUT2D eigenvalue weighted by Gasteiger charge is 2.27. The van der Waals surface area contributed by atoms with Crippen LogP contribution in [0.3, 0.4) is 0 Å². The Bertz CT molecular complexity index is 952. The second-order valence-electron chi connectivity index (χ2n) is 7.65. The van der Waals surface area contributed by atoms with Gasteiger partial charge in [0.1, 0.15) is 4.21 Å². The third-order valence-corrected chi connectivity index (χ3v) is 8.96. The number of morpholine rings is 1. The first-order valence-electron chi connectivity index (χ1n) is 10.2. The molecule has 0 bridgehead atoms. The number of sulfonamides is 1. The number of hydrogen-bond donors (Lipinski definition) is 1. The van der Waals surface area contributed by atoms with E-state index in [1.54, 1.807) is 6.07 Å². The van der Waals surface area contributed by atoms with Crippen LogP contribution in [0.25, 0.3) is 0 Å². The summed E-state index contributed by atoms with van der Waals surface area (Å²) in [6.07, 6.45) is 1.89. The van der Waals surface area contributed by atoms with Gasteiger partial charge in [0.25, 0.3) is 0 Å². The van der Waals surface area contributed by atoms with Crippen LogP contribution in [-0.2, 0) is 27.6 Å². The number of fused-ring (bicyclic) bond motifs is 1. The van der Waals surface area contributed by atoms with Crippen molar-refractivity contribution in [3.05, 3.63) is 46.3 Å². The van der Waals surface area contributed by atoms with Crippen LogP contribution in [0.4, 0.5) is 5.69 Å². The van der Waals surface area contributed by atoms with Crippen LogP contribution in [0.5, 0.6) is 0 Å². The van der Waals surface area contributed by atoms with Crippen molar-refractivity contribution in [3.8, 4) is 0 Å².